The summed E-state index contributed by atoms with van der Waals surface area (Å²) in [6.07, 6.45) is 0.251. The number of aliphatic hydroxyl groups is 1. The number of hydrogen-bond donors (Lipinski definition) is 2. The monoisotopic (exact) mass is 267 g/mol. The van der Waals surface area contributed by atoms with Gasteiger partial charge < -0.3 is 19.9 Å². The molecule has 0 saturated carbocycles. The summed E-state index contributed by atoms with van der Waals surface area (Å²) in [6, 6.07) is 6.92. The Morgan fingerprint density at radius 2 is 2.05 bits per heavy atom. The number of carbonyl (C=O) groups is 1. The lowest BCUT2D eigenvalue weighted by Gasteiger charge is -2.11. The van der Waals surface area contributed by atoms with Crippen molar-refractivity contribution in [2.45, 2.75) is 19.4 Å². The standard InChI is InChI=1S/C14H21NO4/c1-3-8-19-13-6-4-11(5-7-13)14(17)15-9-12(16)10-18-2/h4-7,12,16H,3,8-10H2,1-2H3,(H,15,17). The summed E-state index contributed by atoms with van der Waals surface area (Å²) in [4.78, 5) is 11.8. The molecule has 1 amide bonds. The van der Waals surface area contributed by atoms with E-state index >= 15 is 0 Å². The second-order valence-electron chi connectivity index (χ2n) is 4.19. The predicted octanol–water partition coefficient (Wildman–Crippen LogP) is 1.21. The molecule has 0 aromatic heterocycles. The molecule has 1 unspecified atom stereocenters. The van der Waals surface area contributed by atoms with Crippen LogP contribution in [-0.2, 0) is 4.74 Å². The third-order valence-corrected chi connectivity index (χ3v) is 2.45. The summed E-state index contributed by atoms with van der Waals surface area (Å²) < 4.78 is 10.2. The van der Waals surface area contributed by atoms with Crippen molar-refractivity contribution >= 4 is 5.91 Å². The van der Waals surface area contributed by atoms with Gasteiger partial charge in [-0.05, 0) is 30.7 Å². The Kier molecular flexibility index (Phi) is 6.92. The lowest BCUT2D eigenvalue weighted by Crippen LogP contribution is -2.34. The normalized spacial score (nSPS) is 11.9. The van der Waals surface area contributed by atoms with Gasteiger partial charge in [0.25, 0.3) is 5.91 Å². The minimum Gasteiger partial charge on any atom is -0.494 e. The molecule has 0 heterocycles. The maximum absolute atomic E-state index is 11.8. The first-order valence-corrected chi connectivity index (χ1v) is 6.35. The van der Waals surface area contributed by atoms with Gasteiger partial charge in [0.05, 0.1) is 19.3 Å². The van der Waals surface area contributed by atoms with Crippen molar-refractivity contribution in [2.24, 2.45) is 0 Å². The van der Waals surface area contributed by atoms with Crippen LogP contribution in [0.3, 0.4) is 0 Å². The second-order valence-corrected chi connectivity index (χ2v) is 4.19. The van der Waals surface area contributed by atoms with Gasteiger partial charge in [-0.15, -0.1) is 0 Å². The molecule has 0 aliphatic carbocycles. The first-order valence-electron chi connectivity index (χ1n) is 6.35. The molecule has 0 bridgehead atoms. The maximum atomic E-state index is 11.8. The first kappa shape index (κ1) is 15.5. The lowest BCUT2D eigenvalue weighted by atomic mass is 10.2. The second kappa shape index (κ2) is 8.50. The van der Waals surface area contributed by atoms with Gasteiger partial charge in [-0.1, -0.05) is 6.92 Å². The van der Waals surface area contributed by atoms with Crippen LogP contribution in [0.25, 0.3) is 0 Å². The van der Waals surface area contributed by atoms with E-state index in [1.165, 1.54) is 7.11 Å². The maximum Gasteiger partial charge on any atom is 0.251 e. The van der Waals surface area contributed by atoms with Gasteiger partial charge in [0.2, 0.25) is 0 Å². The molecule has 5 heteroatoms. The van der Waals surface area contributed by atoms with Crippen LogP contribution in [0.4, 0.5) is 0 Å². The third-order valence-electron chi connectivity index (χ3n) is 2.45. The molecule has 2 N–H and O–H groups in total. The number of nitrogens with one attached hydrogen (secondary N) is 1. The summed E-state index contributed by atoms with van der Waals surface area (Å²) in [5.74, 6) is 0.523. The van der Waals surface area contributed by atoms with Crippen LogP contribution in [0.15, 0.2) is 24.3 Å². The van der Waals surface area contributed by atoms with E-state index in [-0.39, 0.29) is 19.1 Å². The summed E-state index contributed by atoms with van der Waals surface area (Å²) >= 11 is 0. The Labute approximate surface area is 113 Å². The van der Waals surface area contributed by atoms with Crippen molar-refractivity contribution in [3.8, 4) is 5.75 Å². The zero-order valence-electron chi connectivity index (χ0n) is 11.4. The molecule has 5 nitrogen and oxygen atoms in total. The van der Waals surface area contributed by atoms with Crippen LogP contribution < -0.4 is 10.1 Å². The summed E-state index contributed by atoms with van der Waals surface area (Å²) in [5.41, 5.74) is 0.536. The van der Waals surface area contributed by atoms with E-state index in [1.54, 1.807) is 24.3 Å². The molecule has 1 rings (SSSR count). The molecule has 1 atom stereocenters. The Bertz CT molecular complexity index is 378. The summed E-state index contributed by atoms with van der Waals surface area (Å²) in [7, 11) is 1.50. The fourth-order valence-corrected chi connectivity index (χ4v) is 1.49. The van der Waals surface area contributed by atoms with Gasteiger partial charge in [-0.3, -0.25) is 4.79 Å². The molecule has 0 radical (unpaired) electrons. The molecular weight excluding hydrogens is 246 g/mol. The lowest BCUT2D eigenvalue weighted by molar-refractivity contribution is 0.0610. The molecule has 0 aliphatic heterocycles. The smallest absolute Gasteiger partial charge is 0.251 e. The summed E-state index contributed by atoms with van der Waals surface area (Å²) in [6.45, 7) is 3.06. The fraction of sp³-hybridized carbons (Fsp3) is 0.500. The number of methoxy groups -OCH3 is 1. The largest absolute Gasteiger partial charge is 0.494 e. The SMILES string of the molecule is CCCOc1ccc(C(=O)NCC(O)COC)cc1. The zero-order valence-corrected chi connectivity index (χ0v) is 11.4. The Morgan fingerprint density at radius 3 is 2.63 bits per heavy atom. The molecule has 0 fully saturated rings. The number of aliphatic hydroxyl groups excluding tert-OH is 1. The van der Waals surface area contributed by atoms with E-state index in [1.807, 2.05) is 6.92 Å². The molecule has 0 aliphatic rings. The third kappa shape index (κ3) is 5.72. The van der Waals surface area contributed by atoms with Crippen LogP contribution in [-0.4, -0.2) is 44.0 Å². The average molecular weight is 267 g/mol. The fourth-order valence-electron chi connectivity index (χ4n) is 1.49. The number of hydrogen-bond acceptors (Lipinski definition) is 4. The highest BCUT2D eigenvalue weighted by atomic mass is 16.5. The Balaban J connectivity index is 2.44. The number of carbonyl (C=O) groups excluding carboxylic acids is 1. The molecule has 0 saturated heterocycles. The quantitative estimate of drug-likeness (QED) is 0.743. The van der Waals surface area contributed by atoms with Crippen LogP contribution in [0.2, 0.25) is 0 Å². The first-order chi connectivity index (χ1) is 9.17. The van der Waals surface area contributed by atoms with Crippen LogP contribution in [0.5, 0.6) is 5.75 Å². The van der Waals surface area contributed by atoms with Crippen molar-refractivity contribution in [1.29, 1.82) is 0 Å². The van der Waals surface area contributed by atoms with Gasteiger partial charge in [-0.25, -0.2) is 0 Å². The highest BCUT2D eigenvalue weighted by Crippen LogP contribution is 2.12. The number of rotatable bonds is 8. The number of amides is 1. The minimum atomic E-state index is -0.693. The van der Waals surface area contributed by atoms with Crippen molar-refractivity contribution in [3.05, 3.63) is 29.8 Å². The minimum absolute atomic E-state index is 0.167. The average Bonchev–Trinajstić information content (AvgIpc) is 2.43. The molecule has 106 valence electrons. The van der Waals surface area contributed by atoms with E-state index in [4.69, 9.17) is 9.47 Å². The van der Waals surface area contributed by atoms with Crippen molar-refractivity contribution < 1.29 is 19.4 Å². The highest BCUT2D eigenvalue weighted by Gasteiger charge is 2.08. The van der Waals surface area contributed by atoms with Crippen LogP contribution in [0.1, 0.15) is 23.7 Å². The number of ether oxygens (including phenoxy) is 2. The molecule has 0 spiro atoms. The van der Waals surface area contributed by atoms with E-state index < -0.39 is 6.10 Å². The van der Waals surface area contributed by atoms with Crippen LogP contribution in [0, 0.1) is 0 Å². The van der Waals surface area contributed by atoms with Gasteiger partial charge in [0.1, 0.15) is 5.75 Å². The Hall–Kier alpha value is -1.59. The van der Waals surface area contributed by atoms with E-state index in [0.717, 1.165) is 12.2 Å². The van der Waals surface area contributed by atoms with Crippen molar-refractivity contribution in [1.82, 2.24) is 5.32 Å². The summed E-state index contributed by atoms with van der Waals surface area (Å²) in [5, 5.41) is 12.1. The van der Waals surface area contributed by atoms with Gasteiger partial charge in [0.15, 0.2) is 0 Å². The van der Waals surface area contributed by atoms with E-state index in [2.05, 4.69) is 5.32 Å². The van der Waals surface area contributed by atoms with E-state index in [0.29, 0.717) is 12.2 Å². The molecule has 1 aromatic carbocycles. The van der Waals surface area contributed by atoms with Gasteiger partial charge in [-0.2, -0.15) is 0 Å². The van der Waals surface area contributed by atoms with Gasteiger partial charge >= 0.3 is 0 Å². The Morgan fingerprint density at radius 1 is 1.37 bits per heavy atom. The molecule has 1 aromatic rings. The van der Waals surface area contributed by atoms with Crippen LogP contribution >= 0.6 is 0 Å². The topological polar surface area (TPSA) is 67.8 Å². The zero-order chi connectivity index (χ0) is 14.1. The molecule has 19 heavy (non-hydrogen) atoms. The van der Waals surface area contributed by atoms with Gasteiger partial charge in [0, 0.05) is 19.2 Å². The predicted molar refractivity (Wildman–Crippen MR) is 72.4 cm³/mol. The highest BCUT2D eigenvalue weighted by molar-refractivity contribution is 5.94. The van der Waals surface area contributed by atoms with Crippen molar-refractivity contribution in [3.63, 3.8) is 0 Å². The van der Waals surface area contributed by atoms with Crippen molar-refractivity contribution in [2.75, 3.05) is 26.9 Å². The number of benzene rings is 1. The van der Waals surface area contributed by atoms with E-state index in [9.17, 15) is 9.90 Å². The molecular formula is C14H21NO4.